The van der Waals surface area contributed by atoms with Crippen molar-refractivity contribution in [2.45, 2.75) is 31.5 Å². The van der Waals surface area contributed by atoms with Crippen molar-refractivity contribution in [3.63, 3.8) is 0 Å². The second kappa shape index (κ2) is 6.93. The Morgan fingerprint density at radius 3 is 1.83 bits per heavy atom. The third-order valence-corrected chi connectivity index (χ3v) is 4.17. The van der Waals surface area contributed by atoms with Crippen molar-refractivity contribution >= 4 is 12.4 Å². The molecule has 0 bridgehead atoms. The van der Waals surface area contributed by atoms with Gasteiger partial charge in [0.2, 0.25) is 0 Å². The number of nitrogens with two attached hydrogens (primary N) is 1. The van der Waals surface area contributed by atoms with Crippen molar-refractivity contribution in [3.8, 4) is 11.1 Å². The maximum atomic E-state index is 12.6. The molecule has 0 radical (unpaired) electrons. The molecule has 2 aromatic rings. The first kappa shape index (κ1) is 17.8. The van der Waals surface area contributed by atoms with Gasteiger partial charge < -0.3 is 5.73 Å². The summed E-state index contributed by atoms with van der Waals surface area (Å²) in [5.41, 5.74) is 8.30. The van der Waals surface area contributed by atoms with Gasteiger partial charge in [0.1, 0.15) is 0 Å². The smallest absolute Gasteiger partial charge is 0.324 e. The summed E-state index contributed by atoms with van der Waals surface area (Å²) in [6.07, 6.45) is -0.730. The molecule has 23 heavy (non-hydrogen) atoms. The van der Waals surface area contributed by atoms with Gasteiger partial charge in [-0.2, -0.15) is 13.2 Å². The number of alkyl halides is 3. The molecule has 124 valence electrons. The molecular weight excluding hydrogens is 323 g/mol. The lowest BCUT2D eigenvalue weighted by Gasteiger charge is -2.12. The van der Waals surface area contributed by atoms with E-state index in [0.29, 0.717) is 0 Å². The van der Waals surface area contributed by atoms with Gasteiger partial charge in [-0.15, -0.1) is 12.4 Å². The van der Waals surface area contributed by atoms with Crippen LogP contribution in [0.5, 0.6) is 0 Å². The number of rotatable bonds is 4. The van der Waals surface area contributed by atoms with Gasteiger partial charge in [0.25, 0.3) is 0 Å². The lowest BCUT2D eigenvalue weighted by atomic mass is 9.98. The Bertz CT molecular complexity index is 631. The van der Waals surface area contributed by atoms with Crippen LogP contribution in [0, 0.1) is 5.92 Å². The van der Waals surface area contributed by atoms with Gasteiger partial charge in [-0.05, 0) is 41.2 Å². The van der Waals surface area contributed by atoms with E-state index in [2.05, 4.69) is 0 Å². The van der Waals surface area contributed by atoms with Gasteiger partial charge in [-0.3, -0.25) is 0 Å². The minimum Gasteiger partial charge on any atom is -0.324 e. The number of hydrogen-bond acceptors (Lipinski definition) is 1. The van der Waals surface area contributed by atoms with Crippen molar-refractivity contribution in [2.24, 2.45) is 11.7 Å². The Morgan fingerprint density at radius 1 is 0.913 bits per heavy atom. The fourth-order valence-electron chi connectivity index (χ4n) is 2.62. The first-order chi connectivity index (χ1) is 10.4. The molecule has 0 unspecified atom stereocenters. The maximum absolute atomic E-state index is 12.6. The Morgan fingerprint density at radius 2 is 1.39 bits per heavy atom. The molecule has 0 saturated heterocycles. The maximum Gasteiger partial charge on any atom is 0.416 e. The van der Waals surface area contributed by atoms with Crippen LogP contribution in [0.1, 0.15) is 36.4 Å². The summed E-state index contributed by atoms with van der Waals surface area (Å²) in [5, 5.41) is 0. The minimum absolute atomic E-state index is 0. The molecule has 1 nitrogen and oxygen atoms in total. The molecule has 0 amide bonds. The monoisotopic (exact) mass is 341 g/mol. The quantitative estimate of drug-likeness (QED) is 0.770. The topological polar surface area (TPSA) is 26.0 Å². The highest BCUT2D eigenvalue weighted by molar-refractivity contribution is 5.85. The summed E-state index contributed by atoms with van der Waals surface area (Å²) in [6.45, 7) is 0. The summed E-state index contributed by atoms with van der Waals surface area (Å²) in [4.78, 5) is 0. The highest BCUT2D eigenvalue weighted by Gasteiger charge is 2.30. The minimum atomic E-state index is -4.29. The summed E-state index contributed by atoms with van der Waals surface area (Å²) in [7, 11) is 0. The third-order valence-electron chi connectivity index (χ3n) is 4.17. The standard InChI is InChI=1S/C18H18F3N.ClH/c19-18(20,21)16-9-7-14(8-10-16)13-3-5-15(6-4-13)17(22)11-12-1-2-12;/h3-10,12,17H,1-2,11,22H2;1H/t17-;/m0./s1. The second-order valence-electron chi connectivity index (χ2n) is 5.98. The lowest BCUT2D eigenvalue weighted by molar-refractivity contribution is -0.137. The molecule has 3 rings (SSSR count). The van der Waals surface area contributed by atoms with Crippen molar-refractivity contribution < 1.29 is 13.2 Å². The highest BCUT2D eigenvalue weighted by Crippen LogP contribution is 2.37. The molecule has 0 aliphatic heterocycles. The first-order valence-electron chi connectivity index (χ1n) is 7.46. The van der Waals surface area contributed by atoms with Crippen LogP contribution in [0.3, 0.4) is 0 Å². The van der Waals surface area contributed by atoms with Crippen molar-refractivity contribution in [1.29, 1.82) is 0 Å². The molecule has 0 spiro atoms. The zero-order valence-electron chi connectivity index (χ0n) is 12.5. The molecule has 0 aromatic heterocycles. The predicted octanol–water partition coefficient (Wildman–Crippen LogP) is 5.59. The van der Waals surface area contributed by atoms with E-state index in [1.54, 1.807) is 0 Å². The Kier molecular flexibility index (Phi) is 5.37. The van der Waals surface area contributed by atoms with Crippen LogP contribution in [0.2, 0.25) is 0 Å². The van der Waals surface area contributed by atoms with Gasteiger partial charge >= 0.3 is 6.18 Å². The van der Waals surface area contributed by atoms with Gasteiger partial charge in [-0.1, -0.05) is 49.2 Å². The van der Waals surface area contributed by atoms with E-state index in [9.17, 15) is 13.2 Å². The average molecular weight is 342 g/mol. The summed E-state index contributed by atoms with van der Waals surface area (Å²) >= 11 is 0. The second-order valence-corrected chi connectivity index (χ2v) is 5.98. The first-order valence-corrected chi connectivity index (χ1v) is 7.46. The van der Waals surface area contributed by atoms with Crippen LogP contribution in [0.25, 0.3) is 11.1 Å². The van der Waals surface area contributed by atoms with Crippen LogP contribution >= 0.6 is 12.4 Å². The van der Waals surface area contributed by atoms with E-state index >= 15 is 0 Å². The summed E-state index contributed by atoms with van der Waals surface area (Å²) in [6, 6.07) is 13.1. The Balaban J connectivity index is 0.00000192. The van der Waals surface area contributed by atoms with Crippen LogP contribution in [0.4, 0.5) is 13.2 Å². The number of hydrogen-bond donors (Lipinski definition) is 1. The fourth-order valence-corrected chi connectivity index (χ4v) is 2.62. The van der Waals surface area contributed by atoms with E-state index in [4.69, 9.17) is 5.73 Å². The van der Waals surface area contributed by atoms with Gasteiger partial charge in [0.15, 0.2) is 0 Å². The van der Waals surface area contributed by atoms with Gasteiger partial charge in [0.05, 0.1) is 5.56 Å². The molecule has 1 fully saturated rings. The van der Waals surface area contributed by atoms with E-state index in [0.717, 1.165) is 41.2 Å². The molecule has 2 N–H and O–H groups in total. The largest absolute Gasteiger partial charge is 0.416 e. The lowest BCUT2D eigenvalue weighted by Crippen LogP contribution is -2.10. The van der Waals surface area contributed by atoms with Crippen molar-refractivity contribution in [1.82, 2.24) is 0 Å². The highest BCUT2D eigenvalue weighted by atomic mass is 35.5. The molecule has 0 heterocycles. The van der Waals surface area contributed by atoms with Gasteiger partial charge in [0, 0.05) is 6.04 Å². The molecule has 1 saturated carbocycles. The molecular formula is C18H19ClF3N. The van der Waals surface area contributed by atoms with E-state index < -0.39 is 11.7 Å². The molecule has 1 atom stereocenters. The van der Waals surface area contributed by atoms with E-state index in [-0.39, 0.29) is 18.4 Å². The molecule has 1 aliphatic rings. The third kappa shape index (κ3) is 4.49. The van der Waals surface area contributed by atoms with Crippen LogP contribution in [0.15, 0.2) is 48.5 Å². The zero-order chi connectivity index (χ0) is 15.7. The fraction of sp³-hybridized carbons (Fsp3) is 0.333. The van der Waals surface area contributed by atoms with Gasteiger partial charge in [-0.25, -0.2) is 0 Å². The summed E-state index contributed by atoms with van der Waals surface area (Å²) < 4.78 is 37.7. The van der Waals surface area contributed by atoms with E-state index in [1.165, 1.54) is 25.0 Å². The average Bonchev–Trinajstić information content (AvgIpc) is 3.31. The molecule has 1 aliphatic carbocycles. The van der Waals surface area contributed by atoms with Crippen LogP contribution in [-0.2, 0) is 6.18 Å². The normalized spacial score (nSPS) is 15.8. The van der Waals surface area contributed by atoms with Crippen LogP contribution < -0.4 is 5.73 Å². The summed E-state index contributed by atoms with van der Waals surface area (Å²) in [5.74, 6) is 0.768. The Hall–Kier alpha value is -1.52. The predicted molar refractivity (Wildman–Crippen MR) is 88.4 cm³/mol. The number of benzene rings is 2. The SMILES string of the molecule is Cl.N[C@@H](CC1CC1)c1ccc(-c2ccc(C(F)(F)F)cc2)cc1. The molecule has 5 heteroatoms. The zero-order valence-corrected chi connectivity index (χ0v) is 13.3. The van der Waals surface area contributed by atoms with Crippen molar-refractivity contribution in [2.75, 3.05) is 0 Å². The van der Waals surface area contributed by atoms with Crippen molar-refractivity contribution in [3.05, 3.63) is 59.7 Å². The molecule has 2 aromatic carbocycles. The number of halogens is 4. The van der Waals surface area contributed by atoms with E-state index in [1.807, 2.05) is 24.3 Å². The Labute approximate surface area is 140 Å². The van der Waals surface area contributed by atoms with Crippen LogP contribution in [-0.4, -0.2) is 0 Å².